The highest BCUT2D eigenvalue weighted by Gasteiger charge is 2.26. The Morgan fingerprint density at radius 3 is 3.27 bits per heavy atom. The van der Waals surface area contributed by atoms with Crippen LogP contribution in [0.3, 0.4) is 0 Å². The van der Waals surface area contributed by atoms with Gasteiger partial charge >= 0.3 is 0 Å². The Morgan fingerprint density at radius 1 is 1.73 bits per heavy atom. The van der Waals surface area contributed by atoms with E-state index in [4.69, 9.17) is 0 Å². The first-order valence-electron chi connectivity index (χ1n) is 5.49. The molecule has 0 radical (unpaired) electrons. The number of nitrogens with one attached hydrogen (secondary N) is 1. The highest BCUT2D eigenvalue weighted by molar-refractivity contribution is 5.79. The number of rotatable bonds is 2. The molecular weight excluding hydrogens is 190 g/mol. The standard InChI is InChI=1S/C11H17N3O/c1-3-12-11(15)8-4-5-10-9(6-8)13-7-14(10)2/h7-8H,3-6H2,1-2H3,(H,12,15). The summed E-state index contributed by atoms with van der Waals surface area (Å²) < 4.78 is 2.06. The van der Waals surface area contributed by atoms with Gasteiger partial charge in [0.15, 0.2) is 0 Å². The summed E-state index contributed by atoms with van der Waals surface area (Å²) in [5.41, 5.74) is 2.38. The molecular formula is C11H17N3O. The van der Waals surface area contributed by atoms with Crippen LogP contribution in [0.15, 0.2) is 6.33 Å². The molecule has 0 fully saturated rings. The van der Waals surface area contributed by atoms with Crippen molar-refractivity contribution in [2.75, 3.05) is 6.54 Å². The Hall–Kier alpha value is -1.32. The highest BCUT2D eigenvalue weighted by Crippen LogP contribution is 2.24. The van der Waals surface area contributed by atoms with Gasteiger partial charge in [-0.15, -0.1) is 0 Å². The van der Waals surface area contributed by atoms with E-state index in [2.05, 4.69) is 14.9 Å². The summed E-state index contributed by atoms with van der Waals surface area (Å²) in [6, 6.07) is 0. The second-order valence-corrected chi connectivity index (χ2v) is 4.08. The lowest BCUT2D eigenvalue weighted by Crippen LogP contribution is -2.34. The predicted octanol–water partition coefficient (Wildman–Crippen LogP) is 0.661. The first kappa shape index (κ1) is 10.2. The molecule has 2 rings (SSSR count). The molecule has 0 saturated carbocycles. The third-order valence-electron chi connectivity index (χ3n) is 3.04. The van der Waals surface area contributed by atoms with Gasteiger partial charge in [0.25, 0.3) is 0 Å². The Kier molecular flexibility index (Phi) is 2.75. The molecule has 82 valence electrons. The summed E-state index contributed by atoms with van der Waals surface area (Å²) in [4.78, 5) is 16.0. The molecule has 0 aliphatic heterocycles. The van der Waals surface area contributed by atoms with E-state index in [0.717, 1.165) is 25.0 Å². The van der Waals surface area contributed by atoms with Crippen LogP contribution in [-0.4, -0.2) is 22.0 Å². The van der Waals surface area contributed by atoms with Crippen LogP contribution in [0.25, 0.3) is 0 Å². The lowest BCUT2D eigenvalue weighted by molar-refractivity contribution is -0.125. The van der Waals surface area contributed by atoms with Gasteiger partial charge in [0.05, 0.1) is 12.0 Å². The fraction of sp³-hybridized carbons (Fsp3) is 0.636. The van der Waals surface area contributed by atoms with Crippen LogP contribution in [0.2, 0.25) is 0 Å². The van der Waals surface area contributed by atoms with Gasteiger partial charge < -0.3 is 9.88 Å². The number of aryl methyl sites for hydroxylation is 1. The average Bonchev–Trinajstić information content (AvgIpc) is 2.60. The van der Waals surface area contributed by atoms with E-state index in [9.17, 15) is 4.79 Å². The first-order valence-corrected chi connectivity index (χ1v) is 5.49. The third-order valence-corrected chi connectivity index (χ3v) is 3.04. The molecule has 1 aromatic heterocycles. The van der Waals surface area contributed by atoms with Crippen LogP contribution in [-0.2, 0) is 24.7 Å². The first-order chi connectivity index (χ1) is 7.22. The SMILES string of the molecule is CCNC(=O)C1CCc2c(ncn2C)C1. The zero-order chi connectivity index (χ0) is 10.8. The average molecular weight is 207 g/mol. The van der Waals surface area contributed by atoms with Crippen molar-refractivity contribution in [2.24, 2.45) is 13.0 Å². The lowest BCUT2D eigenvalue weighted by Gasteiger charge is -2.21. The number of aromatic nitrogens is 2. The number of imidazole rings is 1. The summed E-state index contributed by atoms with van der Waals surface area (Å²) >= 11 is 0. The van der Waals surface area contributed by atoms with E-state index in [-0.39, 0.29) is 11.8 Å². The fourth-order valence-electron chi connectivity index (χ4n) is 2.18. The Labute approximate surface area is 89.7 Å². The largest absolute Gasteiger partial charge is 0.356 e. The summed E-state index contributed by atoms with van der Waals surface area (Å²) in [7, 11) is 2.01. The number of fused-ring (bicyclic) bond motifs is 1. The van der Waals surface area contributed by atoms with Gasteiger partial charge in [0.2, 0.25) is 5.91 Å². The van der Waals surface area contributed by atoms with E-state index in [0.29, 0.717) is 6.54 Å². The van der Waals surface area contributed by atoms with Crippen LogP contribution in [0, 0.1) is 5.92 Å². The van der Waals surface area contributed by atoms with E-state index in [1.165, 1.54) is 5.69 Å². The molecule has 4 nitrogen and oxygen atoms in total. The lowest BCUT2D eigenvalue weighted by atomic mass is 9.89. The van der Waals surface area contributed by atoms with E-state index in [1.54, 1.807) is 0 Å². The van der Waals surface area contributed by atoms with Crippen molar-refractivity contribution in [3.63, 3.8) is 0 Å². The Bertz CT molecular complexity index is 370. The van der Waals surface area contributed by atoms with Crippen molar-refractivity contribution >= 4 is 5.91 Å². The molecule has 1 heterocycles. The van der Waals surface area contributed by atoms with E-state index >= 15 is 0 Å². The number of amides is 1. The van der Waals surface area contributed by atoms with Crippen molar-refractivity contribution in [2.45, 2.75) is 26.2 Å². The van der Waals surface area contributed by atoms with Crippen molar-refractivity contribution in [3.8, 4) is 0 Å². The van der Waals surface area contributed by atoms with Crippen molar-refractivity contribution < 1.29 is 4.79 Å². The normalized spacial score (nSPS) is 19.7. The molecule has 1 N–H and O–H groups in total. The molecule has 0 spiro atoms. The van der Waals surface area contributed by atoms with E-state index in [1.807, 2.05) is 20.3 Å². The molecule has 0 bridgehead atoms. The monoisotopic (exact) mass is 207 g/mol. The van der Waals surface area contributed by atoms with Gasteiger partial charge in [0.1, 0.15) is 0 Å². The molecule has 1 atom stereocenters. The van der Waals surface area contributed by atoms with Gasteiger partial charge in [0, 0.05) is 31.6 Å². The molecule has 1 amide bonds. The van der Waals surface area contributed by atoms with Gasteiger partial charge in [-0.25, -0.2) is 4.98 Å². The molecule has 1 aliphatic rings. The van der Waals surface area contributed by atoms with Gasteiger partial charge in [-0.3, -0.25) is 4.79 Å². The molecule has 0 saturated heterocycles. The zero-order valence-corrected chi connectivity index (χ0v) is 9.29. The second kappa shape index (κ2) is 4.04. The molecule has 1 unspecified atom stereocenters. The van der Waals surface area contributed by atoms with Crippen molar-refractivity contribution in [1.29, 1.82) is 0 Å². The number of nitrogens with zero attached hydrogens (tertiary/aromatic N) is 2. The van der Waals surface area contributed by atoms with Crippen LogP contribution in [0.5, 0.6) is 0 Å². The second-order valence-electron chi connectivity index (χ2n) is 4.08. The van der Waals surface area contributed by atoms with Gasteiger partial charge in [-0.2, -0.15) is 0 Å². The maximum absolute atomic E-state index is 11.7. The van der Waals surface area contributed by atoms with Crippen LogP contribution in [0.1, 0.15) is 24.7 Å². The van der Waals surface area contributed by atoms with E-state index < -0.39 is 0 Å². The van der Waals surface area contributed by atoms with Gasteiger partial charge in [-0.1, -0.05) is 0 Å². The quantitative estimate of drug-likeness (QED) is 0.774. The van der Waals surface area contributed by atoms with Crippen LogP contribution >= 0.6 is 0 Å². The smallest absolute Gasteiger partial charge is 0.223 e. The maximum Gasteiger partial charge on any atom is 0.223 e. The highest BCUT2D eigenvalue weighted by atomic mass is 16.1. The van der Waals surface area contributed by atoms with Crippen molar-refractivity contribution in [3.05, 3.63) is 17.7 Å². The predicted molar refractivity (Wildman–Crippen MR) is 57.4 cm³/mol. The van der Waals surface area contributed by atoms with Crippen LogP contribution in [0.4, 0.5) is 0 Å². The fourth-order valence-corrected chi connectivity index (χ4v) is 2.18. The number of carbonyl (C=O) groups excluding carboxylic acids is 1. The number of hydrogen-bond donors (Lipinski definition) is 1. The minimum Gasteiger partial charge on any atom is -0.356 e. The summed E-state index contributed by atoms with van der Waals surface area (Å²) in [5.74, 6) is 0.293. The number of hydrogen-bond acceptors (Lipinski definition) is 2. The molecule has 4 heteroatoms. The minimum absolute atomic E-state index is 0.118. The van der Waals surface area contributed by atoms with Crippen LogP contribution < -0.4 is 5.32 Å². The van der Waals surface area contributed by atoms with Crippen molar-refractivity contribution in [1.82, 2.24) is 14.9 Å². The summed E-state index contributed by atoms with van der Waals surface area (Å²) in [5, 5.41) is 2.88. The zero-order valence-electron chi connectivity index (χ0n) is 9.29. The molecule has 1 aliphatic carbocycles. The molecule has 1 aromatic rings. The molecule has 0 aromatic carbocycles. The topological polar surface area (TPSA) is 46.9 Å². The van der Waals surface area contributed by atoms with Gasteiger partial charge in [-0.05, 0) is 19.8 Å². The molecule has 15 heavy (non-hydrogen) atoms. The third kappa shape index (κ3) is 1.89. The Morgan fingerprint density at radius 2 is 2.53 bits per heavy atom. The Balaban J connectivity index is 2.09. The summed E-state index contributed by atoms with van der Waals surface area (Å²) in [6.45, 7) is 2.66. The minimum atomic E-state index is 0.118. The summed E-state index contributed by atoms with van der Waals surface area (Å²) in [6.07, 6.45) is 4.54. The maximum atomic E-state index is 11.7. The number of carbonyl (C=O) groups is 1.